The molecular formula is C15H18N6. The molecule has 1 aromatic heterocycles. The van der Waals surface area contributed by atoms with Crippen LogP contribution in [0.4, 0.5) is 17.3 Å². The summed E-state index contributed by atoms with van der Waals surface area (Å²) in [5.41, 5.74) is 4.14. The standard InChI is InChI=1S/C15H18N6/c1-3-4-13-18-14(20-17)9-15(19-13)21(2)12-7-5-11(10-16)6-8-12/h5-9H,3-4,17H2,1-2H3,(H,18,19,20). The van der Waals surface area contributed by atoms with Crippen LogP contribution in [0.5, 0.6) is 0 Å². The van der Waals surface area contributed by atoms with Crippen LogP contribution in [-0.4, -0.2) is 17.0 Å². The molecule has 0 spiro atoms. The second-order valence-corrected chi connectivity index (χ2v) is 4.64. The minimum absolute atomic E-state index is 0.587. The topological polar surface area (TPSA) is 90.9 Å². The fraction of sp³-hybridized carbons (Fsp3) is 0.267. The fourth-order valence-electron chi connectivity index (χ4n) is 1.96. The number of rotatable bonds is 5. The van der Waals surface area contributed by atoms with Gasteiger partial charge in [0.25, 0.3) is 0 Å². The fourth-order valence-corrected chi connectivity index (χ4v) is 1.96. The molecule has 0 amide bonds. The number of hydrazine groups is 1. The van der Waals surface area contributed by atoms with Crippen LogP contribution in [-0.2, 0) is 6.42 Å². The van der Waals surface area contributed by atoms with Crippen LogP contribution in [0.3, 0.4) is 0 Å². The van der Waals surface area contributed by atoms with Crippen LogP contribution in [0.2, 0.25) is 0 Å². The van der Waals surface area contributed by atoms with Crippen molar-refractivity contribution in [3.8, 4) is 6.07 Å². The molecule has 1 heterocycles. The van der Waals surface area contributed by atoms with Crippen molar-refractivity contribution in [2.75, 3.05) is 17.4 Å². The van der Waals surface area contributed by atoms with Gasteiger partial charge in [-0.2, -0.15) is 5.26 Å². The SMILES string of the molecule is CCCc1nc(NN)cc(N(C)c2ccc(C#N)cc2)n1. The number of benzene rings is 1. The van der Waals surface area contributed by atoms with E-state index in [2.05, 4.69) is 28.4 Å². The largest absolute Gasteiger partial charge is 0.329 e. The zero-order valence-electron chi connectivity index (χ0n) is 12.2. The van der Waals surface area contributed by atoms with Crippen LogP contribution >= 0.6 is 0 Å². The summed E-state index contributed by atoms with van der Waals surface area (Å²) in [5, 5.41) is 8.84. The van der Waals surface area contributed by atoms with E-state index in [1.54, 1.807) is 18.2 Å². The summed E-state index contributed by atoms with van der Waals surface area (Å²) >= 11 is 0. The zero-order chi connectivity index (χ0) is 15.2. The third-order valence-electron chi connectivity index (χ3n) is 3.11. The highest BCUT2D eigenvalue weighted by Crippen LogP contribution is 2.24. The summed E-state index contributed by atoms with van der Waals surface area (Å²) in [6.45, 7) is 2.08. The normalized spacial score (nSPS) is 10.0. The molecule has 2 aromatic rings. The van der Waals surface area contributed by atoms with E-state index < -0.39 is 0 Å². The van der Waals surface area contributed by atoms with E-state index in [1.807, 2.05) is 24.1 Å². The van der Waals surface area contributed by atoms with Gasteiger partial charge in [0.2, 0.25) is 0 Å². The lowest BCUT2D eigenvalue weighted by molar-refractivity contribution is 0.831. The van der Waals surface area contributed by atoms with Gasteiger partial charge in [0.05, 0.1) is 11.6 Å². The highest BCUT2D eigenvalue weighted by Gasteiger charge is 2.09. The molecule has 6 nitrogen and oxygen atoms in total. The highest BCUT2D eigenvalue weighted by molar-refractivity contribution is 5.62. The number of hydrogen-bond donors (Lipinski definition) is 2. The van der Waals surface area contributed by atoms with Crippen LogP contribution in [0.1, 0.15) is 24.7 Å². The quantitative estimate of drug-likeness (QED) is 0.646. The van der Waals surface area contributed by atoms with Gasteiger partial charge in [-0.05, 0) is 30.7 Å². The Kier molecular flexibility index (Phi) is 4.69. The summed E-state index contributed by atoms with van der Waals surface area (Å²) in [5.74, 6) is 7.56. The Morgan fingerprint density at radius 1 is 1.29 bits per heavy atom. The first-order valence-corrected chi connectivity index (χ1v) is 6.76. The Labute approximate surface area is 124 Å². The van der Waals surface area contributed by atoms with E-state index in [0.717, 1.165) is 30.2 Å². The second-order valence-electron chi connectivity index (χ2n) is 4.64. The first kappa shape index (κ1) is 14.8. The summed E-state index contributed by atoms with van der Waals surface area (Å²) in [6.07, 6.45) is 1.76. The lowest BCUT2D eigenvalue weighted by Crippen LogP contribution is -2.16. The summed E-state index contributed by atoms with van der Waals surface area (Å²) < 4.78 is 0. The Morgan fingerprint density at radius 3 is 2.57 bits per heavy atom. The number of nitriles is 1. The van der Waals surface area contributed by atoms with E-state index in [4.69, 9.17) is 11.1 Å². The molecule has 0 saturated heterocycles. The van der Waals surface area contributed by atoms with Gasteiger partial charge in [-0.15, -0.1) is 0 Å². The third kappa shape index (κ3) is 3.46. The van der Waals surface area contributed by atoms with Crippen molar-refractivity contribution in [3.63, 3.8) is 0 Å². The number of hydrogen-bond acceptors (Lipinski definition) is 6. The maximum Gasteiger partial charge on any atom is 0.145 e. The molecule has 0 fully saturated rings. The Balaban J connectivity index is 2.34. The van der Waals surface area contributed by atoms with Gasteiger partial charge in [0, 0.05) is 25.2 Å². The Morgan fingerprint density at radius 2 is 2.00 bits per heavy atom. The third-order valence-corrected chi connectivity index (χ3v) is 3.11. The van der Waals surface area contributed by atoms with Crippen molar-refractivity contribution in [2.45, 2.75) is 19.8 Å². The molecule has 0 bridgehead atoms. The molecule has 3 N–H and O–H groups in total. The second kappa shape index (κ2) is 6.68. The van der Waals surface area contributed by atoms with Gasteiger partial charge in [-0.25, -0.2) is 15.8 Å². The first-order valence-electron chi connectivity index (χ1n) is 6.76. The van der Waals surface area contributed by atoms with Gasteiger partial charge < -0.3 is 10.3 Å². The predicted molar refractivity (Wildman–Crippen MR) is 83.1 cm³/mol. The van der Waals surface area contributed by atoms with E-state index in [1.165, 1.54) is 0 Å². The van der Waals surface area contributed by atoms with Gasteiger partial charge in [-0.3, -0.25) is 0 Å². The maximum atomic E-state index is 8.84. The molecule has 0 radical (unpaired) electrons. The average molecular weight is 282 g/mol. The van der Waals surface area contributed by atoms with Crippen molar-refractivity contribution in [1.29, 1.82) is 5.26 Å². The van der Waals surface area contributed by atoms with E-state index in [9.17, 15) is 0 Å². The van der Waals surface area contributed by atoms with Gasteiger partial charge >= 0.3 is 0 Å². The molecule has 0 saturated carbocycles. The number of nitrogens with zero attached hydrogens (tertiary/aromatic N) is 4. The van der Waals surface area contributed by atoms with Crippen molar-refractivity contribution < 1.29 is 0 Å². The average Bonchev–Trinajstić information content (AvgIpc) is 2.54. The lowest BCUT2D eigenvalue weighted by Gasteiger charge is -2.19. The van der Waals surface area contributed by atoms with Gasteiger partial charge in [-0.1, -0.05) is 6.92 Å². The molecule has 21 heavy (non-hydrogen) atoms. The molecule has 0 aliphatic carbocycles. The molecule has 6 heteroatoms. The summed E-state index contributed by atoms with van der Waals surface area (Å²) in [7, 11) is 1.92. The summed E-state index contributed by atoms with van der Waals surface area (Å²) in [6, 6.07) is 11.2. The minimum Gasteiger partial charge on any atom is -0.329 e. The smallest absolute Gasteiger partial charge is 0.145 e. The highest BCUT2D eigenvalue weighted by atomic mass is 15.3. The van der Waals surface area contributed by atoms with Crippen molar-refractivity contribution in [2.24, 2.45) is 5.84 Å². The molecule has 108 valence electrons. The Hall–Kier alpha value is -2.65. The van der Waals surface area contributed by atoms with E-state index in [-0.39, 0.29) is 0 Å². The molecule has 0 aliphatic rings. The van der Waals surface area contributed by atoms with E-state index >= 15 is 0 Å². The zero-order valence-corrected chi connectivity index (χ0v) is 12.2. The predicted octanol–water partition coefficient (Wildman–Crippen LogP) is 2.35. The number of nitrogens with one attached hydrogen (secondary N) is 1. The maximum absolute atomic E-state index is 8.84. The number of aromatic nitrogens is 2. The molecule has 0 unspecified atom stereocenters. The molecule has 0 atom stereocenters. The molecule has 0 aliphatic heterocycles. The minimum atomic E-state index is 0.587. The van der Waals surface area contributed by atoms with Crippen molar-refractivity contribution in [3.05, 3.63) is 41.7 Å². The monoisotopic (exact) mass is 282 g/mol. The molecular weight excluding hydrogens is 264 g/mol. The number of nitrogens with two attached hydrogens (primary N) is 1. The van der Waals surface area contributed by atoms with Crippen LogP contribution in [0, 0.1) is 11.3 Å². The van der Waals surface area contributed by atoms with Gasteiger partial charge in [0.15, 0.2) is 0 Å². The summed E-state index contributed by atoms with van der Waals surface area (Å²) in [4.78, 5) is 10.8. The van der Waals surface area contributed by atoms with Crippen LogP contribution in [0.25, 0.3) is 0 Å². The Bertz CT molecular complexity index is 644. The van der Waals surface area contributed by atoms with E-state index in [0.29, 0.717) is 11.4 Å². The number of nitrogen functional groups attached to an aromatic ring is 1. The van der Waals surface area contributed by atoms with Crippen LogP contribution in [0.15, 0.2) is 30.3 Å². The molecule has 1 aromatic carbocycles. The first-order chi connectivity index (χ1) is 10.2. The van der Waals surface area contributed by atoms with Crippen LogP contribution < -0.4 is 16.2 Å². The van der Waals surface area contributed by atoms with Gasteiger partial charge in [0.1, 0.15) is 17.5 Å². The lowest BCUT2D eigenvalue weighted by atomic mass is 10.2. The van der Waals surface area contributed by atoms with Crippen molar-refractivity contribution >= 4 is 17.3 Å². The number of aryl methyl sites for hydroxylation is 1. The molecule has 2 rings (SSSR count). The van der Waals surface area contributed by atoms with Crippen molar-refractivity contribution in [1.82, 2.24) is 9.97 Å². The number of anilines is 3.